The molecule has 136 valence electrons. The topological polar surface area (TPSA) is 64.6 Å². The minimum atomic E-state index is -0.917. The van der Waals surface area contributed by atoms with E-state index in [1.807, 2.05) is 6.92 Å². The number of halogens is 2. The lowest BCUT2D eigenvalue weighted by molar-refractivity contribution is -0.142. The van der Waals surface area contributed by atoms with E-state index >= 15 is 0 Å². The Labute approximate surface area is 149 Å². The summed E-state index contributed by atoms with van der Waals surface area (Å²) in [6, 6.07) is 9.78. The number of esters is 1. The molecule has 0 aliphatic rings. The first-order valence-electron chi connectivity index (χ1n) is 7.80. The summed E-state index contributed by atoms with van der Waals surface area (Å²) in [5.41, 5.74) is 0.556. The molecule has 0 aliphatic carbocycles. The van der Waals surface area contributed by atoms with Gasteiger partial charge in [-0.05, 0) is 42.8 Å². The first-order valence-corrected chi connectivity index (χ1v) is 7.80. The molecule has 1 N–H and O–H groups in total. The Kier molecular flexibility index (Phi) is 6.84. The number of amides is 1. The maximum atomic E-state index is 13.4. The van der Waals surface area contributed by atoms with Crippen LogP contribution in [0.2, 0.25) is 0 Å². The van der Waals surface area contributed by atoms with Gasteiger partial charge in [-0.15, -0.1) is 0 Å². The highest BCUT2D eigenvalue weighted by Crippen LogP contribution is 2.15. The van der Waals surface area contributed by atoms with Crippen LogP contribution in [-0.4, -0.2) is 25.1 Å². The molecule has 2 aromatic carbocycles. The summed E-state index contributed by atoms with van der Waals surface area (Å²) in [6.07, 6.45) is 2.69. The number of hydrogen-bond donors (Lipinski definition) is 1. The Bertz CT molecular complexity index is 804. The van der Waals surface area contributed by atoms with Crippen molar-refractivity contribution in [1.29, 1.82) is 0 Å². The zero-order valence-corrected chi connectivity index (χ0v) is 14.0. The normalized spacial score (nSPS) is 10.6. The average molecular weight is 361 g/mol. The fourth-order valence-electron chi connectivity index (χ4n) is 1.97. The molecular formula is C19H17F2NO4. The van der Waals surface area contributed by atoms with Crippen LogP contribution in [0.15, 0.2) is 48.5 Å². The number of benzene rings is 2. The second kappa shape index (κ2) is 9.31. The lowest BCUT2D eigenvalue weighted by atomic mass is 10.2. The zero-order chi connectivity index (χ0) is 18.9. The molecular weight excluding hydrogens is 344 g/mol. The minimum Gasteiger partial charge on any atom is -0.494 e. The second-order valence-electron chi connectivity index (χ2n) is 5.12. The van der Waals surface area contributed by atoms with Gasteiger partial charge in [0.25, 0.3) is 5.91 Å². The average Bonchev–Trinajstić information content (AvgIpc) is 2.62. The first-order chi connectivity index (χ1) is 12.5. The van der Waals surface area contributed by atoms with Gasteiger partial charge < -0.3 is 14.8 Å². The summed E-state index contributed by atoms with van der Waals surface area (Å²) < 4.78 is 36.3. The van der Waals surface area contributed by atoms with Gasteiger partial charge in [-0.1, -0.05) is 12.1 Å². The molecule has 0 aliphatic heterocycles. The summed E-state index contributed by atoms with van der Waals surface area (Å²) in [7, 11) is 0. The van der Waals surface area contributed by atoms with Gasteiger partial charge >= 0.3 is 5.97 Å². The highest BCUT2D eigenvalue weighted by molar-refractivity contribution is 5.94. The van der Waals surface area contributed by atoms with Crippen LogP contribution in [0, 0.1) is 11.6 Å². The van der Waals surface area contributed by atoms with Crippen LogP contribution in [-0.2, 0) is 14.3 Å². The number of hydrogen-bond acceptors (Lipinski definition) is 4. The number of anilines is 1. The zero-order valence-electron chi connectivity index (χ0n) is 14.0. The van der Waals surface area contributed by atoms with Crippen LogP contribution in [0.3, 0.4) is 0 Å². The number of carbonyl (C=O) groups is 2. The smallest absolute Gasteiger partial charge is 0.331 e. The van der Waals surface area contributed by atoms with Crippen molar-refractivity contribution < 1.29 is 27.8 Å². The largest absolute Gasteiger partial charge is 0.494 e. The quantitative estimate of drug-likeness (QED) is 0.605. The van der Waals surface area contributed by atoms with Gasteiger partial charge in [0.2, 0.25) is 0 Å². The van der Waals surface area contributed by atoms with E-state index in [1.54, 1.807) is 24.3 Å². The van der Waals surface area contributed by atoms with Gasteiger partial charge in [-0.25, -0.2) is 13.6 Å². The summed E-state index contributed by atoms with van der Waals surface area (Å²) in [6.45, 7) is 1.85. The number of ether oxygens (including phenoxy) is 2. The summed E-state index contributed by atoms with van der Waals surface area (Å²) in [5, 5.41) is 2.19. The van der Waals surface area contributed by atoms with E-state index in [9.17, 15) is 18.4 Å². The minimum absolute atomic E-state index is 0.197. The third-order valence-corrected chi connectivity index (χ3v) is 3.15. The van der Waals surface area contributed by atoms with E-state index < -0.39 is 30.1 Å². The van der Waals surface area contributed by atoms with Gasteiger partial charge in [0.1, 0.15) is 17.4 Å². The Morgan fingerprint density at radius 2 is 1.85 bits per heavy atom. The standard InChI is InChI=1S/C19H17F2NO4/c1-2-25-15-7-3-13(4-8-15)5-10-19(24)26-12-18(23)22-17-9-6-14(20)11-16(17)21/h3-11H,2,12H2,1H3,(H,22,23)/b10-5+. The molecule has 0 saturated heterocycles. The van der Waals surface area contributed by atoms with E-state index in [4.69, 9.17) is 9.47 Å². The lowest BCUT2D eigenvalue weighted by Crippen LogP contribution is -2.20. The molecule has 0 atom stereocenters. The molecule has 1 amide bonds. The fraction of sp³-hybridized carbons (Fsp3) is 0.158. The highest BCUT2D eigenvalue weighted by atomic mass is 19.1. The van der Waals surface area contributed by atoms with Crippen molar-refractivity contribution >= 4 is 23.6 Å². The summed E-state index contributed by atoms with van der Waals surface area (Å²) >= 11 is 0. The molecule has 7 heteroatoms. The van der Waals surface area contributed by atoms with Gasteiger partial charge in [-0.3, -0.25) is 4.79 Å². The number of rotatable bonds is 7. The molecule has 0 bridgehead atoms. The van der Waals surface area contributed by atoms with Gasteiger partial charge in [0, 0.05) is 12.1 Å². The Morgan fingerprint density at radius 3 is 2.50 bits per heavy atom. The number of nitrogens with one attached hydrogen (secondary N) is 1. The van der Waals surface area contributed by atoms with Crippen LogP contribution in [0.1, 0.15) is 12.5 Å². The molecule has 0 heterocycles. The van der Waals surface area contributed by atoms with E-state index in [-0.39, 0.29) is 5.69 Å². The van der Waals surface area contributed by atoms with Gasteiger partial charge in [0.15, 0.2) is 6.61 Å². The first kappa shape index (κ1) is 19.1. The summed E-state index contributed by atoms with van der Waals surface area (Å²) in [4.78, 5) is 23.3. The molecule has 0 radical (unpaired) electrons. The van der Waals surface area contributed by atoms with Gasteiger partial charge in [-0.2, -0.15) is 0 Å². The second-order valence-corrected chi connectivity index (χ2v) is 5.12. The molecule has 0 unspecified atom stereocenters. The fourth-order valence-corrected chi connectivity index (χ4v) is 1.97. The Morgan fingerprint density at radius 1 is 1.12 bits per heavy atom. The molecule has 2 rings (SSSR count). The Balaban J connectivity index is 1.81. The van der Waals surface area contributed by atoms with Crippen molar-refractivity contribution in [2.45, 2.75) is 6.92 Å². The van der Waals surface area contributed by atoms with E-state index in [2.05, 4.69) is 5.32 Å². The lowest BCUT2D eigenvalue weighted by Gasteiger charge is -2.06. The molecule has 5 nitrogen and oxygen atoms in total. The molecule has 26 heavy (non-hydrogen) atoms. The molecule has 0 spiro atoms. The van der Waals surface area contributed by atoms with E-state index in [0.29, 0.717) is 12.7 Å². The van der Waals surface area contributed by atoms with Crippen molar-refractivity contribution in [1.82, 2.24) is 0 Å². The molecule has 2 aromatic rings. The van der Waals surface area contributed by atoms with E-state index in [0.717, 1.165) is 23.4 Å². The third-order valence-electron chi connectivity index (χ3n) is 3.15. The predicted octanol–water partition coefficient (Wildman–Crippen LogP) is 3.56. The maximum absolute atomic E-state index is 13.4. The van der Waals surface area contributed by atoms with Crippen molar-refractivity contribution in [3.05, 3.63) is 65.7 Å². The molecule has 0 fully saturated rings. The molecule has 0 aromatic heterocycles. The van der Waals surface area contributed by atoms with Crippen LogP contribution >= 0.6 is 0 Å². The highest BCUT2D eigenvalue weighted by Gasteiger charge is 2.09. The molecule has 0 saturated carbocycles. The van der Waals surface area contributed by atoms with Gasteiger partial charge in [0.05, 0.1) is 12.3 Å². The Hall–Kier alpha value is -3.22. The van der Waals surface area contributed by atoms with Crippen molar-refractivity contribution in [2.24, 2.45) is 0 Å². The van der Waals surface area contributed by atoms with Crippen molar-refractivity contribution in [2.75, 3.05) is 18.5 Å². The van der Waals surface area contributed by atoms with Crippen molar-refractivity contribution in [3.63, 3.8) is 0 Å². The van der Waals surface area contributed by atoms with Crippen LogP contribution < -0.4 is 10.1 Å². The summed E-state index contributed by atoms with van der Waals surface area (Å²) in [5.74, 6) is -2.42. The third kappa shape index (κ3) is 6.01. The van der Waals surface area contributed by atoms with Crippen LogP contribution in [0.25, 0.3) is 6.08 Å². The van der Waals surface area contributed by atoms with Crippen molar-refractivity contribution in [3.8, 4) is 5.75 Å². The number of carbonyl (C=O) groups excluding carboxylic acids is 2. The van der Waals surface area contributed by atoms with E-state index in [1.165, 1.54) is 12.2 Å². The predicted molar refractivity (Wildman–Crippen MR) is 92.6 cm³/mol. The monoisotopic (exact) mass is 361 g/mol. The van der Waals surface area contributed by atoms with Crippen LogP contribution in [0.4, 0.5) is 14.5 Å². The van der Waals surface area contributed by atoms with Crippen LogP contribution in [0.5, 0.6) is 5.75 Å². The SMILES string of the molecule is CCOc1ccc(/C=C/C(=O)OCC(=O)Nc2ccc(F)cc2F)cc1. The maximum Gasteiger partial charge on any atom is 0.331 e.